The third-order valence-electron chi connectivity index (χ3n) is 4.12. The van der Waals surface area contributed by atoms with Crippen LogP contribution in [0.4, 0.5) is 0 Å². The van der Waals surface area contributed by atoms with Crippen LogP contribution in [0, 0.1) is 0 Å². The molecule has 0 aliphatic rings. The van der Waals surface area contributed by atoms with E-state index in [4.69, 9.17) is 0 Å². The topological polar surface area (TPSA) is 56.9 Å². The van der Waals surface area contributed by atoms with Crippen molar-refractivity contribution in [1.29, 1.82) is 0 Å². The Balaban J connectivity index is 1.94. The molecule has 0 unspecified atom stereocenters. The van der Waals surface area contributed by atoms with Gasteiger partial charge in [-0.1, -0.05) is 42.5 Å². The molecule has 6 heteroatoms. The van der Waals surface area contributed by atoms with E-state index in [1.54, 1.807) is 16.8 Å². The van der Waals surface area contributed by atoms with Crippen molar-refractivity contribution in [3.05, 3.63) is 98.1 Å². The Kier molecular flexibility index (Phi) is 4.03. The van der Waals surface area contributed by atoms with E-state index in [0.29, 0.717) is 17.4 Å². The lowest BCUT2D eigenvalue weighted by molar-refractivity contribution is 0.639. The first-order valence-electron chi connectivity index (χ1n) is 7.90. The summed E-state index contributed by atoms with van der Waals surface area (Å²) in [5.41, 5.74) is 1.10. The summed E-state index contributed by atoms with van der Waals surface area (Å²) in [5, 5.41) is 0.544. The van der Waals surface area contributed by atoms with Crippen molar-refractivity contribution >= 4 is 22.4 Å². The molecule has 2 heterocycles. The lowest BCUT2D eigenvalue weighted by atomic mass is 10.2. The predicted octanol–water partition coefficient (Wildman–Crippen LogP) is 2.72. The van der Waals surface area contributed by atoms with Crippen LogP contribution in [0.2, 0.25) is 0 Å². The van der Waals surface area contributed by atoms with Gasteiger partial charge < -0.3 is 0 Å². The van der Waals surface area contributed by atoms with Gasteiger partial charge in [-0.05, 0) is 35.3 Å². The van der Waals surface area contributed by atoms with Gasteiger partial charge in [-0.25, -0.2) is 9.17 Å². The highest BCUT2D eigenvalue weighted by atomic mass is 32.1. The van der Waals surface area contributed by atoms with Gasteiger partial charge in [-0.15, -0.1) is 0 Å². The zero-order valence-electron chi connectivity index (χ0n) is 13.3. The van der Waals surface area contributed by atoms with E-state index < -0.39 is 0 Å². The van der Waals surface area contributed by atoms with E-state index in [-0.39, 0.29) is 17.8 Å². The highest BCUT2D eigenvalue weighted by Gasteiger charge is 2.14. The lowest BCUT2D eigenvalue weighted by Crippen LogP contribution is -2.40. The van der Waals surface area contributed by atoms with Gasteiger partial charge in [0.1, 0.15) is 0 Å². The van der Waals surface area contributed by atoms with Crippen LogP contribution >= 0.6 is 11.5 Å². The Morgan fingerprint density at radius 1 is 0.840 bits per heavy atom. The first kappa shape index (κ1) is 15.5. The van der Waals surface area contributed by atoms with Crippen LogP contribution in [0.5, 0.6) is 0 Å². The van der Waals surface area contributed by atoms with Crippen molar-refractivity contribution in [3.8, 4) is 0 Å². The molecule has 25 heavy (non-hydrogen) atoms. The highest BCUT2D eigenvalue weighted by molar-refractivity contribution is 7.05. The van der Waals surface area contributed by atoms with Crippen molar-refractivity contribution in [2.24, 2.45) is 0 Å². The number of fused-ring (bicyclic) bond motifs is 1. The maximum absolute atomic E-state index is 13.0. The number of benzene rings is 2. The van der Waals surface area contributed by atoms with Crippen molar-refractivity contribution in [1.82, 2.24) is 13.5 Å². The fourth-order valence-electron chi connectivity index (χ4n) is 2.91. The molecule has 0 spiro atoms. The SMILES string of the molecule is O=c1c2ccccc2n(Cc2ccccc2)c(=O)n1Cc1ccns1. The fraction of sp³-hybridized carbons (Fsp3) is 0.105. The number of aromatic nitrogens is 3. The summed E-state index contributed by atoms with van der Waals surface area (Å²) < 4.78 is 7.00. The summed E-state index contributed by atoms with van der Waals surface area (Å²) in [6.45, 7) is 0.658. The van der Waals surface area contributed by atoms with Crippen LogP contribution in [0.15, 0.2) is 76.4 Å². The van der Waals surface area contributed by atoms with Gasteiger partial charge in [0.25, 0.3) is 5.56 Å². The Morgan fingerprint density at radius 3 is 2.36 bits per heavy atom. The van der Waals surface area contributed by atoms with Gasteiger partial charge >= 0.3 is 5.69 Å². The molecule has 5 nitrogen and oxygen atoms in total. The number of hydrogen-bond acceptors (Lipinski definition) is 4. The van der Waals surface area contributed by atoms with Crippen molar-refractivity contribution in [3.63, 3.8) is 0 Å². The molecule has 0 aliphatic heterocycles. The molecule has 0 N–H and O–H groups in total. The summed E-state index contributed by atoms with van der Waals surface area (Å²) in [5.74, 6) is 0. The molecular formula is C19H15N3O2S. The normalized spacial score (nSPS) is 11.0. The van der Waals surface area contributed by atoms with Gasteiger partial charge in [-0.3, -0.25) is 13.9 Å². The Hall–Kier alpha value is -2.99. The summed E-state index contributed by atoms with van der Waals surface area (Å²) in [6, 6.07) is 18.8. The zero-order chi connectivity index (χ0) is 17.2. The van der Waals surface area contributed by atoms with Crippen molar-refractivity contribution < 1.29 is 0 Å². The van der Waals surface area contributed by atoms with Gasteiger partial charge in [0.2, 0.25) is 0 Å². The number of rotatable bonds is 4. The van der Waals surface area contributed by atoms with Crippen molar-refractivity contribution in [2.45, 2.75) is 13.1 Å². The van der Waals surface area contributed by atoms with Crippen LogP contribution in [0.25, 0.3) is 10.9 Å². The molecule has 4 aromatic rings. The molecule has 0 saturated carbocycles. The molecule has 0 saturated heterocycles. The number of para-hydroxylation sites is 1. The lowest BCUT2D eigenvalue weighted by Gasteiger charge is -2.13. The van der Waals surface area contributed by atoms with Gasteiger partial charge in [0, 0.05) is 11.1 Å². The van der Waals surface area contributed by atoms with Crippen LogP contribution < -0.4 is 11.2 Å². The summed E-state index contributed by atoms with van der Waals surface area (Å²) in [4.78, 5) is 26.7. The Bertz CT molecular complexity index is 1130. The standard InChI is InChI=1S/C19H15N3O2S/c23-18-16-8-4-5-9-17(16)21(12-14-6-2-1-3-7-14)19(24)22(18)13-15-10-11-20-25-15/h1-11H,12-13H2. The average Bonchev–Trinajstić information content (AvgIpc) is 3.16. The number of hydrogen-bond donors (Lipinski definition) is 0. The molecule has 0 amide bonds. The monoisotopic (exact) mass is 349 g/mol. The predicted molar refractivity (Wildman–Crippen MR) is 99.2 cm³/mol. The summed E-state index contributed by atoms with van der Waals surface area (Å²) in [7, 11) is 0. The first-order chi connectivity index (χ1) is 12.2. The minimum atomic E-state index is -0.305. The van der Waals surface area contributed by atoms with E-state index in [1.165, 1.54) is 16.1 Å². The zero-order valence-corrected chi connectivity index (χ0v) is 14.1. The smallest absolute Gasteiger partial charge is 0.289 e. The second-order valence-corrected chi connectivity index (χ2v) is 6.66. The molecule has 124 valence electrons. The molecule has 4 rings (SSSR count). The maximum Gasteiger partial charge on any atom is 0.332 e. The van der Waals surface area contributed by atoms with E-state index in [9.17, 15) is 9.59 Å². The largest absolute Gasteiger partial charge is 0.332 e. The van der Waals surface area contributed by atoms with Crippen LogP contribution in [-0.4, -0.2) is 13.5 Å². The van der Waals surface area contributed by atoms with Crippen LogP contribution in [-0.2, 0) is 13.1 Å². The molecule has 2 aromatic carbocycles. The second-order valence-electron chi connectivity index (χ2n) is 5.74. The fourth-order valence-corrected chi connectivity index (χ4v) is 3.47. The molecule has 0 bridgehead atoms. The second kappa shape index (κ2) is 6.49. The van der Waals surface area contributed by atoms with Gasteiger partial charge in [-0.2, -0.15) is 0 Å². The molecular weight excluding hydrogens is 334 g/mol. The third-order valence-corrected chi connectivity index (χ3v) is 4.85. The van der Waals surface area contributed by atoms with Gasteiger partial charge in [0.15, 0.2) is 0 Å². The van der Waals surface area contributed by atoms with E-state index in [1.807, 2.05) is 54.6 Å². The Labute approximate surface area is 147 Å². The Morgan fingerprint density at radius 2 is 1.60 bits per heavy atom. The quantitative estimate of drug-likeness (QED) is 0.569. The average molecular weight is 349 g/mol. The van der Waals surface area contributed by atoms with Crippen LogP contribution in [0.3, 0.4) is 0 Å². The molecule has 0 aliphatic carbocycles. The van der Waals surface area contributed by atoms with Gasteiger partial charge in [0.05, 0.1) is 24.0 Å². The van der Waals surface area contributed by atoms with E-state index in [2.05, 4.69) is 4.37 Å². The van der Waals surface area contributed by atoms with E-state index >= 15 is 0 Å². The van der Waals surface area contributed by atoms with E-state index in [0.717, 1.165) is 10.4 Å². The molecule has 0 fully saturated rings. The minimum absolute atomic E-state index is 0.238. The summed E-state index contributed by atoms with van der Waals surface area (Å²) in [6.07, 6.45) is 1.68. The van der Waals surface area contributed by atoms with Crippen molar-refractivity contribution in [2.75, 3.05) is 0 Å². The third kappa shape index (κ3) is 2.92. The minimum Gasteiger partial charge on any atom is -0.289 e. The summed E-state index contributed by atoms with van der Waals surface area (Å²) >= 11 is 1.29. The first-order valence-corrected chi connectivity index (χ1v) is 8.67. The molecule has 2 aromatic heterocycles. The number of nitrogens with zero attached hydrogens (tertiary/aromatic N) is 3. The maximum atomic E-state index is 13.0. The molecule has 0 atom stereocenters. The van der Waals surface area contributed by atoms with Crippen LogP contribution in [0.1, 0.15) is 10.4 Å². The highest BCUT2D eigenvalue weighted by Crippen LogP contribution is 2.11. The molecule has 0 radical (unpaired) electrons.